The Morgan fingerprint density at radius 2 is 2.41 bits per heavy atom. The molecule has 92 valence electrons. The van der Waals surface area contributed by atoms with Gasteiger partial charge in [-0.1, -0.05) is 28.7 Å². The fourth-order valence-corrected chi connectivity index (χ4v) is 2.48. The van der Waals surface area contributed by atoms with E-state index in [1.54, 1.807) is 6.82 Å². The van der Waals surface area contributed by atoms with Crippen LogP contribution in [0.1, 0.15) is 11.3 Å². The fraction of sp³-hybridized carbons (Fsp3) is 0.545. The first-order valence-corrected chi connectivity index (χ1v) is 7.32. The van der Waals surface area contributed by atoms with Gasteiger partial charge in [0.2, 0.25) is 0 Å². The van der Waals surface area contributed by atoms with Crippen LogP contribution in [0.2, 0.25) is 6.82 Å². The van der Waals surface area contributed by atoms with Gasteiger partial charge in [0.05, 0.1) is 13.2 Å². The molecule has 2 rings (SSSR count). The van der Waals surface area contributed by atoms with Crippen molar-refractivity contribution in [3.05, 3.63) is 23.4 Å². The second-order valence-electron chi connectivity index (χ2n) is 4.10. The normalized spacial score (nSPS) is 15.4. The van der Waals surface area contributed by atoms with E-state index < -0.39 is 7.05 Å². The van der Waals surface area contributed by atoms with Crippen molar-refractivity contribution in [1.82, 2.24) is 4.98 Å². The maximum Gasteiger partial charge on any atom is 0.410 e. The number of aryl methyl sites for hydroxylation is 1. The zero-order valence-corrected chi connectivity index (χ0v) is 12.1. The van der Waals surface area contributed by atoms with E-state index in [2.05, 4.69) is 33.6 Å². The third-order valence-corrected chi connectivity index (χ3v) is 3.36. The summed E-state index contributed by atoms with van der Waals surface area (Å²) in [6.45, 7) is 3.66. The maximum atomic E-state index is 9.80. The van der Waals surface area contributed by atoms with Crippen molar-refractivity contribution < 1.29 is 9.76 Å². The van der Waals surface area contributed by atoms with Crippen molar-refractivity contribution in [3.63, 3.8) is 0 Å². The van der Waals surface area contributed by atoms with E-state index in [0.717, 1.165) is 27.9 Å². The van der Waals surface area contributed by atoms with Crippen molar-refractivity contribution in [3.8, 4) is 0 Å². The van der Waals surface area contributed by atoms with Gasteiger partial charge in [0, 0.05) is 22.2 Å². The van der Waals surface area contributed by atoms with Gasteiger partial charge in [-0.2, -0.15) is 0 Å². The average Bonchev–Trinajstić information content (AvgIpc) is 2.51. The lowest BCUT2D eigenvalue weighted by molar-refractivity contribution is 0.133. The largest absolute Gasteiger partial charge is 0.432 e. The molecule has 1 aromatic heterocycles. The van der Waals surface area contributed by atoms with E-state index in [-0.39, 0.29) is 0 Å². The van der Waals surface area contributed by atoms with Crippen LogP contribution in [0.25, 0.3) is 0 Å². The van der Waals surface area contributed by atoms with E-state index in [1.807, 2.05) is 10.9 Å². The first-order chi connectivity index (χ1) is 8.22. The molecule has 0 saturated heterocycles. The zero-order chi connectivity index (χ0) is 12.3. The minimum Gasteiger partial charge on any atom is -0.432 e. The average molecular weight is 346 g/mol. The first kappa shape index (κ1) is 13.1. The van der Waals surface area contributed by atoms with Crippen LogP contribution in [0.5, 0.6) is 0 Å². The molecule has 1 aliphatic rings. The molecule has 0 radical (unpaired) electrons. The van der Waals surface area contributed by atoms with Gasteiger partial charge in [-0.25, -0.2) is 4.98 Å². The minimum atomic E-state index is -0.530. The van der Waals surface area contributed by atoms with Crippen LogP contribution in [0.3, 0.4) is 0 Å². The molecule has 0 fully saturated rings. The number of alkyl halides is 1. The topological polar surface area (TPSA) is 45.6 Å². The molecule has 0 unspecified atom stereocenters. The summed E-state index contributed by atoms with van der Waals surface area (Å²) in [5.74, 6) is 0.875. The highest BCUT2D eigenvalue weighted by Gasteiger charge is 2.23. The molecule has 0 aliphatic carbocycles. The van der Waals surface area contributed by atoms with Gasteiger partial charge in [-0.15, -0.1) is 0 Å². The van der Waals surface area contributed by atoms with Crippen LogP contribution in [-0.2, 0) is 17.8 Å². The fourth-order valence-electron chi connectivity index (χ4n) is 1.93. The number of anilines is 1. The molecule has 4 nitrogen and oxygen atoms in total. The van der Waals surface area contributed by atoms with Crippen LogP contribution in [0.15, 0.2) is 12.1 Å². The van der Waals surface area contributed by atoms with Gasteiger partial charge >= 0.3 is 7.05 Å². The third-order valence-electron chi connectivity index (χ3n) is 2.82. The Balaban J connectivity index is 2.35. The number of hydrogen-bond acceptors (Lipinski definition) is 4. The summed E-state index contributed by atoms with van der Waals surface area (Å²) < 4.78 is 6.56. The molecule has 1 N–H and O–H groups in total. The number of nitrogens with zero attached hydrogens (tertiary/aromatic N) is 2. The number of hydrogen-bond donors (Lipinski definition) is 1. The molecule has 2 heterocycles. The molecule has 0 saturated carbocycles. The number of pyridine rings is 1. The summed E-state index contributed by atoms with van der Waals surface area (Å²) >= 11 is 2.35. The molecule has 17 heavy (non-hydrogen) atoms. The number of aromatic nitrogens is 1. The maximum absolute atomic E-state index is 9.80. The molecule has 6 heteroatoms. The quantitative estimate of drug-likeness (QED) is 0.512. The van der Waals surface area contributed by atoms with Crippen LogP contribution >= 0.6 is 22.6 Å². The molecule has 0 bridgehead atoms. The lowest BCUT2D eigenvalue weighted by Gasteiger charge is -2.24. The number of fused-ring (bicyclic) bond motifs is 1. The van der Waals surface area contributed by atoms with Gasteiger partial charge in [-0.3, -0.25) is 0 Å². The SMILES string of the molecule is CB(O)N1CCOCc2ccc(CCI)nc21. The van der Waals surface area contributed by atoms with Crippen molar-refractivity contribution in [2.24, 2.45) is 0 Å². The summed E-state index contributed by atoms with van der Waals surface area (Å²) in [6.07, 6.45) is 0.961. The van der Waals surface area contributed by atoms with Crippen LogP contribution < -0.4 is 4.81 Å². The Labute approximate surface area is 116 Å². The molecule has 1 aromatic rings. The van der Waals surface area contributed by atoms with E-state index in [4.69, 9.17) is 4.74 Å². The van der Waals surface area contributed by atoms with Gasteiger partial charge in [0.1, 0.15) is 5.82 Å². The van der Waals surface area contributed by atoms with Gasteiger partial charge < -0.3 is 14.6 Å². The van der Waals surface area contributed by atoms with Crippen molar-refractivity contribution >= 4 is 35.5 Å². The Morgan fingerprint density at radius 3 is 3.12 bits per heavy atom. The molecular formula is C11H16BIN2O2. The van der Waals surface area contributed by atoms with E-state index in [0.29, 0.717) is 19.8 Å². The molecule has 1 aliphatic heterocycles. The van der Waals surface area contributed by atoms with Crippen molar-refractivity contribution in [1.29, 1.82) is 0 Å². The number of ether oxygens (including phenoxy) is 1. The highest BCUT2D eigenvalue weighted by Crippen LogP contribution is 2.23. The van der Waals surface area contributed by atoms with Crippen LogP contribution in [0.4, 0.5) is 5.82 Å². The number of halogens is 1. The lowest BCUT2D eigenvalue weighted by atomic mass is 9.84. The monoisotopic (exact) mass is 346 g/mol. The summed E-state index contributed by atoms with van der Waals surface area (Å²) in [5.41, 5.74) is 2.13. The van der Waals surface area contributed by atoms with E-state index in [9.17, 15) is 5.02 Å². The van der Waals surface area contributed by atoms with Crippen LogP contribution in [-0.4, -0.2) is 34.6 Å². The smallest absolute Gasteiger partial charge is 0.410 e. The number of rotatable bonds is 3. The second kappa shape index (κ2) is 6.02. The summed E-state index contributed by atoms with van der Waals surface area (Å²) in [4.78, 5) is 6.55. The highest BCUT2D eigenvalue weighted by molar-refractivity contribution is 14.1. The Morgan fingerprint density at radius 1 is 1.59 bits per heavy atom. The Hall–Kier alpha value is -0.335. The van der Waals surface area contributed by atoms with Crippen LogP contribution in [0, 0.1) is 0 Å². The van der Waals surface area contributed by atoms with Gasteiger partial charge in [0.25, 0.3) is 0 Å². The minimum absolute atomic E-state index is 0.530. The second-order valence-corrected chi connectivity index (χ2v) is 5.18. The molecule has 0 spiro atoms. The van der Waals surface area contributed by atoms with Gasteiger partial charge in [0.15, 0.2) is 0 Å². The predicted octanol–water partition coefficient (Wildman–Crippen LogP) is 1.51. The van der Waals surface area contributed by atoms with E-state index in [1.165, 1.54) is 0 Å². The van der Waals surface area contributed by atoms with Crippen molar-refractivity contribution in [2.45, 2.75) is 19.9 Å². The summed E-state index contributed by atoms with van der Waals surface area (Å²) in [5, 5.41) is 9.80. The molecular weight excluding hydrogens is 330 g/mol. The zero-order valence-electron chi connectivity index (χ0n) is 9.90. The summed E-state index contributed by atoms with van der Waals surface area (Å²) in [6, 6.07) is 4.11. The predicted molar refractivity (Wildman–Crippen MR) is 77.7 cm³/mol. The highest BCUT2D eigenvalue weighted by atomic mass is 127. The lowest BCUT2D eigenvalue weighted by Crippen LogP contribution is -2.39. The van der Waals surface area contributed by atoms with Crippen molar-refractivity contribution in [2.75, 3.05) is 22.4 Å². The molecule has 0 aromatic carbocycles. The summed E-state index contributed by atoms with van der Waals surface area (Å²) in [7, 11) is -0.530. The Kier molecular flexibility index (Phi) is 4.64. The molecule has 0 atom stereocenters. The van der Waals surface area contributed by atoms with Gasteiger partial charge in [-0.05, 0) is 19.3 Å². The third kappa shape index (κ3) is 3.11. The first-order valence-electron chi connectivity index (χ1n) is 5.79. The van der Waals surface area contributed by atoms with E-state index >= 15 is 0 Å². The standard InChI is InChI=1S/C11H16BIN2O2/c1-12(16)15-6-7-17-8-9-2-3-10(4-5-13)14-11(9)15/h2-3,16H,4-8H2,1H3. The Bertz CT molecular complexity index is 390. The molecule has 0 amide bonds.